The van der Waals surface area contributed by atoms with Crippen LogP contribution in [0.15, 0.2) is 97.1 Å². The average molecular weight is 407 g/mol. The van der Waals surface area contributed by atoms with Gasteiger partial charge in [0.25, 0.3) is 0 Å². The molecular weight excluding hydrogens is 390 g/mol. The monoisotopic (exact) mass is 406 g/mol. The average Bonchev–Trinajstić information content (AvgIpc) is 3.21. The zero-order chi connectivity index (χ0) is 17.1. The largest absolute Gasteiger partial charge is 1.00 e. The van der Waals surface area contributed by atoms with E-state index in [1.165, 1.54) is 54.2 Å². The molecule has 28 heavy (non-hydrogen) atoms. The fraction of sp³-hybridized carbons (Fsp3) is 0. The summed E-state index contributed by atoms with van der Waals surface area (Å²) in [6, 6.07) is 35.2. The molecule has 6 aromatic rings. The summed E-state index contributed by atoms with van der Waals surface area (Å²) >= 11 is 0. The molecule has 6 rings (SSSR count). The van der Waals surface area contributed by atoms with Crippen molar-refractivity contribution in [2.75, 3.05) is 0 Å². The van der Waals surface area contributed by atoms with Crippen molar-refractivity contribution >= 4 is 43.1 Å². The Hall–Kier alpha value is -0.107. The molecule has 0 fully saturated rings. The minimum Gasteiger partial charge on any atom is -0.141 e. The van der Waals surface area contributed by atoms with Crippen LogP contribution in [0.2, 0.25) is 0 Å². The maximum Gasteiger partial charge on any atom is 1.00 e. The van der Waals surface area contributed by atoms with Crippen molar-refractivity contribution in [1.29, 1.82) is 0 Å². The molecule has 0 spiro atoms. The molecule has 6 aromatic carbocycles. The first kappa shape index (κ1) is 21.1. The Morgan fingerprint density at radius 1 is 0.321 bits per heavy atom. The second-order valence-electron chi connectivity index (χ2n) is 6.93. The van der Waals surface area contributed by atoms with Gasteiger partial charge in [0, 0.05) is 0 Å². The van der Waals surface area contributed by atoms with Gasteiger partial charge in [-0.05, 0) is 0 Å². The summed E-state index contributed by atoms with van der Waals surface area (Å²) in [7, 11) is 0. The van der Waals surface area contributed by atoms with Crippen LogP contribution in [-0.2, 0) is 0 Å². The van der Waals surface area contributed by atoms with E-state index in [-0.39, 0.29) is 103 Å². The third kappa shape index (κ3) is 3.10. The van der Waals surface area contributed by atoms with Crippen molar-refractivity contribution in [2.24, 2.45) is 0 Å². The molecule has 0 aliphatic rings. The topological polar surface area (TPSA) is 0 Å². The number of rotatable bonds is 1. The van der Waals surface area contributed by atoms with Crippen molar-refractivity contribution in [2.45, 2.75) is 0 Å². The molecule has 0 nitrogen and oxygen atoms in total. The molecule has 0 aliphatic carbocycles. The summed E-state index contributed by atoms with van der Waals surface area (Å²) in [5, 5.41) is 10.7. The Morgan fingerprint density at radius 3 is 0.786 bits per heavy atom. The summed E-state index contributed by atoms with van der Waals surface area (Å²) in [6.07, 6.45) is 0. The van der Waals surface area contributed by atoms with Crippen LogP contribution < -0.4 is 103 Å². The minimum absolute atomic E-state index is 0. The van der Waals surface area contributed by atoms with Gasteiger partial charge in [0.1, 0.15) is 0 Å². The smallest absolute Gasteiger partial charge is 0.141 e. The van der Waals surface area contributed by atoms with Gasteiger partial charge < -0.3 is 0 Å². The summed E-state index contributed by atoms with van der Waals surface area (Å²) in [5.74, 6) is 0. The molecule has 0 saturated carbocycles. The van der Waals surface area contributed by atoms with E-state index < -0.39 is 0 Å². The normalized spacial score (nSPS) is 11.0. The predicted octanol–water partition coefficient (Wildman–Crippen LogP) is 1.41. The summed E-state index contributed by atoms with van der Waals surface area (Å²) in [6.45, 7) is 0. The van der Waals surface area contributed by atoms with Crippen LogP contribution in [-0.4, -0.2) is 0 Å². The van der Waals surface area contributed by atoms with E-state index in [1.807, 2.05) is 0 Å². The number of benzene rings is 4. The van der Waals surface area contributed by atoms with Crippen LogP contribution in [0.1, 0.15) is 0 Å². The predicted molar refractivity (Wildman–Crippen MR) is 113 cm³/mol. The molecule has 122 valence electrons. The van der Waals surface area contributed by atoms with Gasteiger partial charge in [-0.15, -0.1) is 78.5 Å². The van der Waals surface area contributed by atoms with Gasteiger partial charge in [-0.2, -0.15) is 0 Å². The Balaban J connectivity index is 0.000000961. The second-order valence-corrected chi connectivity index (χ2v) is 6.93. The van der Waals surface area contributed by atoms with Crippen LogP contribution in [0, 0.1) is 0 Å². The Morgan fingerprint density at radius 2 is 0.536 bits per heavy atom. The minimum atomic E-state index is 0. The Kier molecular flexibility index (Phi) is 6.46. The summed E-state index contributed by atoms with van der Waals surface area (Å²) < 4.78 is 0. The van der Waals surface area contributed by atoms with Crippen molar-refractivity contribution in [3.63, 3.8) is 0 Å². The zero-order valence-corrected chi connectivity index (χ0v) is 22.5. The van der Waals surface area contributed by atoms with Crippen molar-refractivity contribution in [3.8, 4) is 11.1 Å². The molecular formula is C26H16K2. The molecule has 0 bridgehead atoms. The van der Waals surface area contributed by atoms with Gasteiger partial charge >= 0.3 is 103 Å². The van der Waals surface area contributed by atoms with Crippen LogP contribution in [0.3, 0.4) is 0 Å². The van der Waals surface area contributed by atoms with Gasteiger partial charge in [0.05, 0.1) is 0 Å². The van der Waals surface area contributed by atoms with E-state index in [9.17, 15) is 0 Å². The Labute approximate surface area is 249 Å². The first-order valence-corrected chi connectivity index (χ1v) is 9.06. The van der Waals surface area contributed by atoms with Crippen LogP contribution in [0.4, 0.5) is 0 Å². The molecule has 0 amide bonds. The standard InChI is InChI=1S/C26H16.2K/c1-5-13-21-17(9-1)18-10-2-6-14-22(18)25(21)26-23-15-7-3-11-19(23)20-12-4-8-16-24(20)26;;/h1-16H;;/q-2;2*+1. The van der Waals surface area contributed by atoms with Crippen LogP contribution in [0.25, 0.3) is 54.2 Å². The molecule has 0 radical (unpaired) electrons. The quantitative estimate of drug-likeness (QED) is 0.286. The summed E-state index contributed by atoms with van der Waals surface area (Å²) in [4.78, 5) is 0. The molecule has 2 heteroatoms. The molecule has 0 aliphatic heterocycles. The van der Waals surface area contributed by atoms with Gasteiger partial charge in [0.15, 0.2) is 0 Å². The molecule has 0 N–H and O–H groups in total. The third-order valence-corrected chi connectivity index (χ3v) is 5.62. The van der Waals surface area contributed by atoms with Crippen molar-refractivity contribution in [3.05, 3.63) is 97.1 Å². The number of fused-ring (bicyclic) bond motifs is 6. The molecule has 0 aromatic heterocycles. The molecule has 0 unspecified atom stereocenters. The van der Waals surface area contributed by atoms with E-state index in [2.05, 4.69) is 97.1 Å². The van der Waals surface area contributed by atoms with E-state index in [0.717, 1.165) is 0 Å². The van der Waals surface area contributed by atoms with E-state index in [0.29, 0.717) is 0 Å². The van der Waals surface area contributed by atoms with E-state index in [1.54, 1.807) is 0 Å². The van der Waals surface area contributed by atoms with Crippen LogP contribution >= 0.6 is 0 Å². The fourth-order valence-electron chi connectivity index (χ4n) is 4.57. The molecule has 0 atom stereocenters. The third-order valence-electron chi connectivity index (χ3n) is 5.62. The van der Waals surface area contributed by atoms with E-state index >= 15 is 0 Å². The molecule has 0 heterocycles. The van der Waals surface area contributed by atoms with E-state index in [4.69, 9.17) is 0 Å². The van der Waals surface area contributed by atoms with Gasteiger partial charge in [-0.1, -0.05) is 72.8 Å². The summed E-state index contributed by atoms with van der Waals surface area (Å²) in [5.41, 5.74) is 2.74. The van der Waals surface area contributed by atoms with Gasteiger partial charge in [-0.3, -0.25) is 0 Å². The first-order chi connectivity index (χ1) is 12.9. The second kappa shape index (κ2) is 8.56. The number of hydrogen-bond acceptors (Lipinski definition) is 0. The maximum absolute atomic E-state index is 2.27. The maximum atomic E-state index is 2.27. The number of hydrogen-bond donors (Lipinski definition) is 0. The first-order valence-electron chi connectivity index (χ1n) is 9.06. The van der Waals surface area contributed by atoms with Gasteiger partial charge in [-0.25, -0.2) is 0 Å². The van der Waals surface area contributed by atoms with Gasteiger partial charge in [0.2, 0.25) is 0 Å². The fourth-order valence-corrected chi connectivity index (χ4v) is 4.57. The zero-order valence-electron chi connectivity index (χ0n) is 16.2. The van der Waals surface area contributed by atoms with Crippen molar-refractivity contribution < 1.29 is 103 Å². The molecule has 0 saturated heterocycles. The van der Waals surface area contributed by atoms with Crippen LogP contribution in [0.5, 0.6) is 0 Å². The van der Waals surface area contributed by atoms with Crippen molar-refractivity contribution in [1.82, 2.24) is 0 Å². The Bertz CT molecular complexity index is 1210. The SMILES string of the molecule is [K+].[K+].c1ccc2c(c1)c1ccccc1[c-]2-[c-]1c2ccccc2c2ccccc21.